The van der Waals surface area contributed by atoms with Crippen LogP contribution in [0.3, 0.4) is 0 Å². The molecular formula is C17H23F3N6O. The van der Waals surface area contributed by atoms with E-state index in [2.05, 4.69) is 27.0 Å². The number of rotatable bonds is 6. The molecule has 10 heteroatoms. The number of morpholine rings is 1. The van der Waals surface area contributed by atoms with Gasteiger partial charge in [0.15, 0.2) is 5.82 Å². The van der Waals surface area contributed by atoms with Crippen molar-refractivity contribution in [2.45, 2.75) is 51.9 Å². The zero-order chi connectivity index (χ0) is 19.4. The normalized spacial score (nSPS) is 18.1. The Morgan fingerprint density at radius 3 is 2.85 bits per heavy atom. The maximum absolute atomic E-state index is 12.6. The number of anilines is 1. The van der Waals surface area contributed by atoms with Crippen LogP contribution in [0.4, 0.5) is 19.0 Å². The fourth-order valence-electron chi connectivity index (χ4n) is 3.02. The minimum absolute atomic E-state index is 0.295. The van der Waals surface area contributed by atoms with Crippen LogP contribution in [-0.4, -0.2) is 50.7 Å². The Morgan fingerprint density at radius 1 is 1.30 bits per heavy atom. The number of aryl methyl sites for hydroxylation is 2. The van der Waals surface area contributed by atoms with E-state index >= 15 is 0 Å². The summed E-state index contributed by atoms with van der Waals surface area (Å²) >= 11 is 0. The smallest absolute Gasteiger partial charge is 0.377 e. The van der Waals surface area contributed by atoms with Gasteiger partial charge in [-0.05, 0) is 13.3 Å². The summed E-state index contributed by atoms with van der Waals surface area (Å²) in [6.07, 6.45) is -0.399. The molecule has 7 nitrogen and oxygen atoms in total. The van der Waals surface area contributed by atoms with Gasteiger partial charge in [0.1, 0.15) is 30.6 Å². The molecule has 3 rings (SSSR count). The Bertz CT molecular complexity index is 763. The monoisotopic (exact) mass is 384 g/mol. The molecule has 2 aromatic rings. The maximum Gasteiger partial charge on any atom is 0.408 e. The molecule has 0 unspecified atom stereocenters. The lowest BCUT2D eigenvalue weighted by Crippen LogP contribution is -2.41. The molecule has 0 spiro atoms. The van der Waals surface area contributed by atoms with Crippen LogP contribution in [0.25, 0.3) is 0 Å². The molecule has 1 aliphatic heterocycles. The molecule has 1 saturated heterocycles. The Morgan fingerprint density at radius 2 is 2.11 bits per heavy atom. The van der Waals surface area contributed by atoms with E-state index in [-0.39, 0.29) is 6.04 Å². The number of hydrogen-bond donors (Lipinski definition) is 0. The third-order valence-corrected chi connectivity index (χ3v) is 4.26. The van der Waals surface area contributed by atoms with E-state index in [0.717, 1.165) is 47.6 Å². The minimum Gasteiger partial charge on any atom is -0.377 e. The van der Waals surface area contributed by atoms with Crippen LogP contribution in [0.1, 0.15) is 43.1 Å². The topological polar surface area (TPSA) is 69.0 Å². The highest BCUT2D eigenvalue weighted by atomic mass is 19.4. The summed E-state index contributed by atoms with van der Waals surface area (Å²) in [6, 6.07) is 1.49. The number of hydrogen-bond acceptors (Lipinski definition) is 6. The predicted octanol–water partition coefficient (Wildman–Crippen LogP) is 2.86. The van der Waals surface area contributed by atoms with E-state index in [1.54, 1.807) is 0 Å². The van der Waals surface area contributed by atoms with Crippen LogP contribution in [-0.2, 0) is 17.7 Å². The largest absolute Gasteiger partial charge is 0.408 e. The second kappa shape index (κ2) is 8.20. The lowest BCUT2D eigenvalue weighted by atomic mass is 10.2. The van der Waals surface area contributed by atoms with Crippen molar-refractivity contribution in [2.24, 2.45) is 0 Å². The molecule has 27 heavy (non-hydrogen) atoms. The molecule has 3 heterocycles. The van der Waals surface area contributed by atoms with Gasteiger partial charge in [-0.2, -0.15) is 18.3 Å². The highest BCUT2D eigenvalue weighted by molar-refractivity contribution is 5.42. The average Bonchev–Trinajstić information content (AvgIpc) is 3.06. The Kier molecular flexibility index (Phi) is 5.93. The van der Waals surface area contributed by atoms with Crippen LogP contribution in [0, 0.1) is 6.92 Å². The summed E-state index contributed by atoms with van der Waals surface area (Å²) < 4.78 is 44.1. The predicted molar refractivity (Wildman–Crippen MR) is 92.4 cm³/mol. The molecule has 0 aromatic carbocycles. The maximum atomic E-state index is 12.6. The number of ether oxygens (including phenoxy) is 1. The van der Waals surface area contributed by atoms with E-state index < -0.39 is 12.7 Å². The van der Waals surface area contributed by atoms with Crippen molar-refractivity contribution < 1.29 is 17.9 Å². The Hall–Kier alpha value is -2.23. The summed E-state index contributed by atoms with van der Waals surface area (Å²) in [5.74, 6) is 1.80. The first kappa shape index (κ1) is 19.5. The van der Waals surface area contributed by atoms with Crippen LogP contribution in [0.5, 0.6) is 0 Å². The Labute approximate surface area is 155 Å². The SMILES string of the molecule is CCCCc1nc(C)cc(N2CCOC[C@@H]2c2ncn(CC(F)(F)F)n2)n1. The van der Waals surface area contributed by atoms with Gasteiger partial charge in [0, 0.05) is 24.7 Å². The highest BCUT2D eigenvalue weighted by Gasteiger charge is 2.32. The van der Waals surface area contributed by atoms with Gasteiger partial charge in [0.2, 0.25) is 0 Å². The summed E-state index contributed by atoms with van der Waals surface area (Å²) in [5, 5.41) is 4.01. The van der Waals surface area contributed by atoms with E-state index in [1.165, 1.54) is 0 Å². The van der Waals surface area contributed by atoms with Crippen LogP contribution >= 0.6 is 0 Å². The van der Waals surface area contributed by atoms with E-state index in [9.17, 15) is 13.2 Å². The number of nitrogens with zero attached hydrogens (tertiary/aromatic N) is 6. The lowest BCUT2D eigenvalue weighted by molar-refractivity contribution is -0.142. The zero-order valence-corrected chi connectivity index (χ0v) is 15.4. The van der Waals surface area contributed by atoms with Crippen LogP contribution in [0.2, 0.25) is 0 Å². The van der Waals surface area contributed by atoms with Gasteiger partial charge < -0.3 is 9.64 Å². The first-order valence-electron chi connectivity index (χ1n) is 9.01. The van der Waals surface area contributed by atoms with Gasteiger partial charge >= 0.3 is 6.18 Å². The molecule has 0 aliphatic carbocycles. The molecule has 1 aliphatic rings. The molecular weight excluding hydrogens is 361 g/mol. The average molecular weight is 384 g/mol. The van der Waals surface area contributed by atoms with Crippen molar-refractivity contribution in [3.05, 3.63) is 29.7 Å². The summed E-state index contributed by atoms with van der Waals surface area (Å²) in [5.41, 5.74) is 0.854. The van der Waals surface area contributed by atoms with Crippen molar-refractivity contribution in [1.82, 2.24) is 24.7 Å². The molecule has 0 saturated carbocycles. The highest BCUT2D eigenvalue weighted by Crippen LogP contribution is 2.27. The first-order valence-corrected chi connectivity index (χ1v) is 9.01. The van der Waals surface area contributed by atoms with E-state index in [4.69, 9.17) is 4.74 Å². The van der Waals surface area contributed by atoms with E-state index in [1.807, 2.05) is 17.9 Å². The molecule has 2 aromatic heterocycles. The van der Waals surface area contributed by atoms with Crippen LogP contribution in [0.15, 0.2) is 12.4 Å². The molecule has 148 valence electrons. The van der Waals surface area contributed by atoms with Gasteiger partial charge in [-0.1, -0.05) is 13.3 Å². The van der Waals surface area contributed by atoms with Crippen LogP contribution < -0.4 is 4.90 Å². The molecule has 1 atom stereocenters. The fourth-order valence-corrected chi connectivity index (χ4v) is 3.02. The van der Waals surface area contributed by atoms with Gasteiger partial charge in [-0.15, -0.1) is 0 Å². The van der Waals surface area contributed by atoms with Gasteiger partial charge in [0.05, 0.1) is 13.2 Å². The standard InChI is InChI=1S/C17H23F3N6O/c1-3-4-5-14-22-12(2)8-15(23-14)26-6-7-27-9-13(26)16-21-11-25(24-16)10-17(18,19)20/h8,11,13H,3-7,9-10H2,1-2H3/t13-/m1/s1. The number of halogens is 3. The first-order chi connectivity index (χ1) is 12.9. The van der Waals surface area contributed by atoms with Crippen molar-refractivity contribution in [3.8, 4) is 0 Å². The molecule has 1 fully saturated rings. The van der Waals surface area contributed by atoms with Crippen molar-refractivity contribution >= 4 is 5.82 Å². The summed E-state index contributed by atoms with van der Waals surface area (Å²) in [7, 11) is 0. The molecule has 0 amide bonds. The van der Waals surface area contributed by atoms with E-state index in [0.29, 0.717) is 25.6 Å². The van der Waals surface area contributed by atoms with Gasteiger partial charge in [-0.25, -0.2) is 19.6 Å². The fraction of sp³-hybridized carbons (Fsp3) is 0.647. The minimum atomic E-state index is -4.34. The van der Waals surface area contributed by atoms with Crippen molar-refractivity contribution in [3.63, 3.8) is 0 Å². The lowest BCUT2D eigenvalue weighted by Gasteiger charge is -2.35. The van der Waals surface area contributed by atoms with Gasteiger partial charge in [-0.3, -0.25) is 0 Å². The van der Waals surface area contributed by atoms with Crippen molar-refractivity contribution in [2.75, 3.05) is 24.7 Å². The summed E-state index contributed by atoms with van der Waals surface area (Å²) in [4.78, 5) is 15.2. The number of aromatic nitrogens is 5. The quantitative estimate of drug-likeness (QED) is 0.763. The Balaban J connectivity index is 1.85. The number of alkyl halides is 3. The molecule has 0 N–H and O–H groups in total. The second-order valence-corrected chi connectivity index (χ2v) is 6.59. The third kappa shape index (κ3) is 5.15. The van der Waals surface area contributed by atoms with Crippen molar-refractivity contribution in [1.29, 1.82) is 0 Å². The molecule has 0 bridgehead atoms. The number of unbranched alkanes of at least 4 members (excludes halogenated alkanes) is 1. The summed E-state index contributed by atoms with van der Waals surface area (Å²) in [6.45, 7) is 4.21. The zero-order valence-electron chi connectivity index (χ0n) is 15.4. The second-order valence-electron chi connectivity index (χ2n) is 6.59. The molecule has 0 radical (unpaired) electrons. The third-order valence-electron chi connectivity index (χ3n) is 4.26. The van der Waals surface area contributed by atoms with Gasteiger partial charge in [0.25, 0.3) is 0 Å².